The van der Waals surface area contributed by atoms with E-state index in [0.717, 1.165) is 5.56 Å². The molecule has 0 saturated heterocycles. The average molecular weight is 458 g/mol. The predicted octanol–water partition coefficient (Wildman–Crippen LogP) is 2.54. The monoisotopic (exact) mass is 457 g/mol. The van der Waals surface area contributed by atoms with Crippen molar-refractivity contribution in [1.29, 1.82) is 0 Å². The van der Waals surface area contributed by atoms with Crippen LogP contribution in [0.15, 0.2) is 71.8 Å². The topological polar surface area (TPSA) is 102 Å². The van der Waals surface area contributed by atoms with E-state index in [2.05, 4.69) is 9.97 Å². The van der Waals surface area contributed by atoms with Crippen LogP contribution in [-0.2, 0) is 4.79 Å². The Kier molecular flexibility index (Phi) is 6.29. The number of carbonyl (C=O) groups is 1. The molecular formula is C25H27N7O2. The van der Waals surface area contributed by atoms with E-state index in [-0.39, 0.29) is 17.4 Å². The summed E-state index contributed by atoms with van der Waals surface area (Å²) in [5.74, 6) is 0.0798. The van der Waals surface area contributed by atoms with E-state index in [1.165, 1.54) is 15.5 Å². The van der Waals surface area contributed by atoms with Crippen LogP contribution in [0.5, 0.6) is 0 Å². The zero-order valence-electron chi connectivity index (χ0n) is 19.6. The third-order valence-electron chi connectivity index (χ3n) is 5.50. The predicted molar refractivity (Wildman–Crippen MR) is 135 cm³/mol. The van der Waals surface area contributed by atoms with Crippen molar-refractivity contribution < 1.29 is 4.79 Å². The van der Waals surface area contributed by atoms with Gasteiger partial charge in [-0.05, 0) is 57.4 Å². The minimum Gasteiger partial charge on any atom is -0.382 e. The number of likely N-dealkylation sites (N-methyl/N-ethyl adjacent to an activating group) is 2. The number of nitrogens with zero attached hydrogens (tertiary/aromatic N) is 6. The Hall–Kier alpha value is -4.24. The van der Waals surface area contributed by atoms with Crippen molar-refractivity contribution in [2.24, 2.45) is 0 Å². The molecule has 2 heterocycles. The van der Waals surface area contributed by atoms with E-state index in [0.29, 0.717) is 34.8 Å². The van der Waals surface area contributed by atoms with Crippen LogP contribution in [-0.4, -0.2) is 57.6 Å². The summed E-state index contributed by atoms with van der Waals surface area (Å²) in [7, 11) is 5.59. The van der Waals surface area contributed by atoms with Crippen molar-refractivity contribution >= 4 is 28.6 Å². The van der Waals surface area contributed by atoms with Gasteiger partial charge in [-0.2, -0.15) is 0 Å². The molecule has 34 heavy (non-hydrogen) atoms. The lowest BCUT2D eigenvalue weighted by molar-refractivity contribution is -0.113. The lowest BCUT2D eigenvalue weighted by atomic mass is 10.2. The van der Waals surface area contributed by atoms with Gasteiger partial charge in [0.15, 0.2) is 11.5 Å². The van der Waals surface area contributed by atoms with Crippen LogP contribution >= 0.6 is 0 Å². The average Bonchev–Trinajstić information content (AvgIpc) is 3.12. The van der Waals surface area contributed by atoms with Gasteiger partial charge < -0.3 is 15.5 Å². The summed E-state index contributed by atoms with van der Waals surface area (Å²) in [6, 6.07) is 14.7. The van der Waals surface area contributed by atoms with Gasteiger partial charge in [-0.3, -0.25) is 9.36 Å². The highest BCUT2D eigenvalue weighted by Crippen LogP contribution is 2.24. The third kappa shape index (κ3) is 4.33. The zero-order chi connectivity index (χ0) is 24.4. The van der Waals surface area contributed by atoms with Crippen molar-refractivity contribution in [2.45, 2.75) is 6.92 Å². The quantitative estimate of drug-likeness (QED) is 0.447. The van der Waals surface area contributed by atoms with Crippen LogP contribution < -0.4 is 16.3 Å². The lowest BCUT2D eigenvalue weighted by Crippen LogP contribution is -2.25. The third-order valence-corrected chi connectivity index (χ3v) is 5.50. The smallest absolute Gasteiger partial charge is 0.339 e. The van der Waals surface area contributed by atoms with Gasteiger partial charge in [0.25, 0.3) is 0 Å². The minimum atomic E-state index is -0.310. The van der Waals surface area contributed by atoms with Gasteiger partial charge >= 0.3 is 5.69 Å². The number of aromatic nitrogens is 4. The Labute approximate surface area is 197 Å². The standard InChI is InChI=1S/C25H27N7O2/c1-17-7-9-19(10-8-17)31-22-23(26)27-16-28-24(22)32(25(31)34)20-13-11-18(12-14-20)30(4)21(33)6-5-15-29(2)3/h5-14,16H,15H2,1-4H3,(H2,26,27,28)/b6-5+. The summed E-state index contributed by atoms with van der Waals surface area (Å²) < 4.78 is 3.01. The first-order valence-corrected chi connectivity index (χ1v) is 10.8. The molecule has 0 aliphatic carbocycles. The fourth-order valence-corrected chi connectivity index (χ4v) is 3.64. The molecule has 1 amide bonds. The number of amides is 1. The molecule has 2 aromatic carbocycles. The Morgan fingerprint density at radius 3 is 2.24 bits per heavy atom. The number of imidazole rings is 1. The molecule has 2 N–H and O–H groups in total. The van der Waals surface area contributed by atoms with Crippen LogP contribution in [0.25, 0.3) is 22.5 Å². The molecule has 4 rings (SSSR count). The number of nitrogen functional groups attached to an aromatic ring is 1. The minimum absolute atomic E-state index is 0.136. The second-order valence-corrected chi connectivity index (χ2v) is 8.30. The second kappa shape index (κ2) is 9.32. The molecule has 0 spiro atoms. The summed E-state index contributed by atoms with van der Waals surface area (Å²) in [6.07, 6.45) is 4.71. The summed E-state index contributed by atoms with van der Waals surface area (Å²) in [4.78, 5) is 38.0. The maximum Gasteiger partial charge on any atom is 0.339 e. The second-order valence-electron chi connectivity index (χ2n) is 8.30. The summed E-state index contributed by atoms with van der Waals surface area (Å²) in [5, 5.41) is 0. The largest absolute Gasteiger partial charge is 0.382 e. The van der Waals surface area contributed by atoms with Gasteiger partial charge in [0, 0.05) is 25.4 Å². The summed E-state index contributed by atoms with van der Waals surface area (Å²) in [6.45, 7) is 2.66. The van der Waals surface area contributed by atoms with Crippen LogP contribution in [0.1, 0.15) is 5.56 Å². The summed E-state index contributed by atoms with van der Waals surface area (Å²) in [5.41, 5.74) is 9.76. The Balaban J connectivity index is 1.75. The molecule has 0 aliphatic rings. The van der Waals surface area contributed by atoms with Gasteiger partial charge in [-0.1, -0.05) is 23.8 Å². The number of aryl methyl sites for hydroxylation is 1. The summed E-state index contributed by atoms with van der Waals surface area (Å²) >= 11 is 0. The highest BCUT2D eigenvalue weighted by molar-refractivity contribution is 6.01. The van der Waals surface area contributed by atoms with Gasteiger partial charge in [-0.25, -0.2) is 19.3 Å². The molecule has 0 saturated carbocycles. The molecule has 0 aliphatic heterocycles. The number of nitrogens with two attached hydrogens (primary N) is 1. The molecule has 0 fully saturated rings. The van der Waals surface area contributed by atoms with Gasteiger partial charge in [0.2, 0.25) is 5.91 Å². The van der Waals surface area contributed by atoms with E-state index < -0.39 is 0 Å². The first-order valence-electron chi connectivity index (χ1n) is 10.8. The maximum absolute atomic E-state index is 13.6. The number of hydrogen-bond acceptors (Lipinski definition) is 6. The molecular weight excluding hydrogens is 430 g/mol. The lowest BCUT2D eigenvalue weighted by Gasteiger charge is -2.16. The molecule has 0 atom stereocenters. The van der Waals surface area contributed by atoms with Crippen molar-refractivity contribution in [1.82, 2.24) is 24.0 Å². The molecule has 0 radical (unpaired) electrons. The van der Waals surface area contributed by atoms with Crippen LogP contribution in [0.2, 0.25) is 0 Å². The first-order chi connectivity index (χ1) is 16.3. The Bertz CT molecular complexity index is 1410. The molecule has 9 nitrogen and oxygen atoms in total. The first kappa shape index (κ1) is 22.9. The number of anilines is 2. The highest BCUT2D eigenvalue weighted by atomic mass is 16.2. The van der Waals surface area contributed by atoms with Crippen LogP contribution in [0.4, 0.5) is 11.5 Å². The van der Waals surface area contributed by atoms with Gasteiger partial charge in [0.1, 0.15) is 11.8 Å². The van der Waals surface area contributed by atoms with Crippen molar-refractivity contribution in [2.75, 3.05) is 38.3 Å². The van der Waals surface area contributed by atoms with Crippen LogP contribution in [0.3, 0.4) is 0 Å². The number of fused-ring (bicyclic) bond motifs is 1. The van der Waals surface area contributed by atoms with E-state index >= 15 is 0 Å². The molecule has 0 bridgehead atoms. The van der Waals surface area contributed by atoms with E-state index in [9.17, 15) is 9.59 Å². The zero-order valence-corrected chi connectivity index (χ0v) is 19.6. The number of rotatable bonds is 6. The van der Waals surface area contributed by atoms with Crippen molar-refractivity contribution in [3.8, 4) is 11.4 Å². The number of carbonyl (C=O) groups excluding carboxylic acids is 1. The maximum atomic E-state index is 13.6. The van der Waals surface area contributed by atoms with Gasteiger partial charge in [0.05, 0.1) is 11.4 Å². The van der Waals surface area contributed by atoms with E-state index in [1.807, 2.05) is 56.3 Å². The number of benzene rings is 2. The molecule has 4 aromatic rings. The fourth-order valence-electron chi connectivity index (χ4n) is 3.64. The molecule has 174 valence electrons. The highest BCUT2D eigenvalue weighted by Gasteiger charge is 2.20. The van der Waals surface area contributed by atoms with E-state index in [1.54, 1.807) is 42.3 Å². The Morgan fingerprint density at radius 2 is 1.59 bits per heavy atom. The normalized spacial score (nSPS) is 11.6. The molecule has 2 aromatic heterocycles. The fraction of sp³-hybridized carbons (Fsp3) is 0.200. The Morgan fingerprint density at radius 1 is 0.971 bits per heavy atom. The number of hydrogen-bond donors (Lipinski definition) is 1. The van der Waals surface area contributed by atoms with E-state index in [4.69, 9.17) is 5.73 Å². The molecule has 0 unspecified atom stereocenters. The molecule has 9 heteroatoms. The van der Waals surface area contributed by atoms with Crippen molar-refractivity contribution in [3.05, 3.63) is 83.1 Å². The van der Waals surface area contributed by atoms with Crippen molar-refractivity contribution in [3.63, 3.8) is 0 Å². The van der Waals surface area contributed by atoms with Crippen LogP contribution in [0, 0.1) is 6.92 Å². The van der Waals surface area contributed by atoms with Gasteiger partial charge in [-0.15, -0.1) is 0 Å². The SMILES string of the molecule is Cc1ccc(-n2c(=O)n(-c3ccc(N(C)C(=O)/C=C/CN(C)C)cc3)c3ncnc(N)c32)cc1.